The Balaban J connectivity index is 1.88. The number of rotatable bonds is 6. The van der Waals surface area contributed by atoms with Crippen molar-refractivity contribution in [1.82, 2.24) is 4.90 Å². The molecule has 1 aliphatic rings. The highest BCUT2D eigenvalue weighted by atomic mass is 35.5. The normalized spacial score (nSPS) is 16.5. The molecule has 1 aromatic carbocycles. The highest BCUT2D eigenvalue weighted by Gasteiger charge is 2.41. The maximum absolute atomic E-state index is 12.6. The number of carbonyl (C=O) groups is 3. The zero-order chi connectivity index (χ0) is 21.3. The molecule has 1 atom stereocenters. The predicted octanol–water partition coefficient (Wildman–Crippen LogP) is 4.38. The molecule has 2 heterocycles. The summed E-state index contributed by atoms with van der Waals surface area (Å²) in [7, 11) is 0. The molecule has 1 fully saturated rings. The lowest BCUT2D eigenvalue weighted by Crippen LogP contribution is -2.45. The van der Waals surface area contributed by atoms with E-state index in [4.69, 9.17) is 44.9 Å². The molecular weight excluding hydrogens is 461 g/mol. The zero-order valence-electron chi connectivity index (χ0n) is 14.3. The van der Waals surface area contributed by atoms with Crippen molar-refractivity contribution < 1.29 is 29.0 Å². The van der Waals surface area contributed by atoms with Crippen LogP contribution in [0, 0.1) is 0 Å². The Morgan fingerprint density at radius 2 is 1.97 bits per heavy atom. The Morgan fingerprint density at radius 3 is 2.62 bits per heavy atom. The molecule has 1 saturated heterocycles. The van der Waals surface area contributed by atoms with Crippen molar-refractivity contribution >= 4 is 75.4 Å². The Hall–Kier alpha value is -2.33. The summed E-state index contributed by atoms with van der Waals surface area (Å²) in [6.07, 6.45) is 0.633. The van der Waals surface area contributed by atoms with Gasteiger partial charge in [0.25, 0.3) is 5.91 Å². The van der Waals surface area contributed by atoms with Gasteiger partial charge in [-0.3, -0.25) is 14.5 Å². The topological polar surface area (TPSA) is 108 Å². The quantitative estimate of drug-likeness (QED) is 0.471. The largest absolute Gasteiger partial charge is 0.481 e. The Kier molecular flexibility index (Phi) is 6.33. The Bertz CT molecular complexity index is 1060. The molecule has 0 saturated carbocycles. The molecule has 1 amide bonds. The number of aliphatic carboxylic acids is 2. The van der Waals surface area contributed by atoms with Crippen LogP contribution in [-0.4, -0.2) is 43.3 Å². The predicted molar refractivity (Wildman–Crippen MR) is 113 cm³/mol. The highest BCUT2D eigenvalue weighted by molar-refractivity contribution is 8.26. The molecule has 0 bridgehead atoms. The smallest absolute Gasteiger partial charge is 0.327 e. The maximum atomic E-state index is 12.6. The van der Waals surface area contributed by atoms with Gasteiger partial charge in [0.15, 0.2) is 0 Å². The molecule has 2 aromatic rings. The van der Waals surface area contributed by atoms with Gasteiger partial charge in [0.05, 0.1) is 16.3 Å². The third-order valence-electron chi connectivity index (χ3n) is 3.88. The number of thioether (sulfide) groups is 1. The van der Waals surface area contributed by atoms with Gasteiger partial charge in [-0.25, -0.2) is 4.79 Å². The number of benzene rings is 1. The van der Waals surface area contributed by atoms with Gasteiger partial charge in [0.1, 0.15) is 21.9 Å². The fourth-order valence-electron chi connectivity index (χ4n) is 2.59. The van der Waals surface area contributed by atoms with Crippen LogP contribution in [-0.2, 0) is 14.4 Å². The second kappa shape index (κ2) is 8.58. The first-order chi connectivity index (χ1) is 13.7. The number of hydrogen-bond donors (Lipinski definition) is 2. The SMILES string of the molecule is O=C(O)C[C@@H](C(=O)O)N1C(=O)/C(=C/c2ccc(-c3cc(Cl)ccc3Cl)o2)SC1=S. The van der Waals surface area contributed by atoms with Gasteiger partial charge in [0.2, 0.25) is 0 Å². The molecule has 0 spiro atoms. The van der Waals surface area contributed by atoms with Crippen LogP contribution in [0.25, 0.3) is 17.4 Å². The second-order valence-corrected chi connectivity index (χ2v) is 8.35. The second-order valence-electron chi connectivity index (χ2n) is 5.83. The summed E-state index contributed by atoms with van der Waals surface area (Å²) in [4.78, 5) is 35.9. The van der Waals surface area contributed by atoms with Crippen molar-refractivity contribution in [2.75, 3.05) is 0 Å². The van der Waals surface area contributed by atoms with Crippen molar-refractivity contribution in [3.63, 3.8) is 0 Å². The fraction of sp³-hybridized carbons (Fsp3) is 0.111. The van der Waals surface area contributed by atoms with E-state index < -0.39 is 30.3 Å². The number of carboxylic acid groups (broad SMARTS) is 2. The summed E-state index contributed by atoms with van der Waals surface area (Å²) < 4.78 is 5.66. The van der Waals surface area contributed by atoms with Crippen molar-refractivity contribution in [2.45, 2.75) is 12.5 Å². The first kappa shape index (κ1) is 21.4. The van der Waals surface area contributed by atoms with Crippen LogP contribution in [0.1, 0.15) is 12.2 Å². The van der Waals surface area contributed by atoms with E-state index in [1.54, 1.807) is 30.3 Å². The number of amides is 1. The zero-order valence-corrected chi connectivity index (χ0v) is 17.4. The van der Waals surface area contributed by atoms with Gasteiger partial charge < -0.3 is 14.6 Å². The summed E-state index contributed by atoms with van der Waals surface area (Å²) >= 11 is 18.1. The lowest BCUT2D eigenvalue weighted by molar-refractivity contribution is -0.150. The summed E-state index contributed by atoms with van der Waals surface area (Å²) in [5, 5.41) is 19.1. The van der Waals surface area contributed by atoms with Gasteiger partial charge in [-0.15, -0.1) is 0 Å². The maximum Gasteiger partial charge on any atom is 0.327 e. The molecule has 1 aliphatic heterocycles. The van der Waals surface area contributed by atoms with Crippen LogP contribution in [0.15, 0.2) is 39.7 Å². The van der Waals surface area contributed by atoms with E-state index in [2.05, 4.69) is 0 Å². The first-order valence-corrected chi connectivity index (χ1v) is 9.92. The molecule has 3 rings (SSSR count). The average Bonchev–Trinajstić information content (AvgIpc) is 3.20. The van der Waals surface area contributed by atoms with Gasteiger partial charge in [-0.2, -0.15) is 0 Å². The third kappa shape index (κ3) is 4.64. The molecule has 150 valence electrons. The van der Waals surface area contributed by atoms with Gasteiger partial charge in [-0.1, -0.05) is 47.2 Å². The van der Waals surface area contributed by atoms with E-state index in [0.717, 1.165) is 16.7 Å². The third-order valence-corrected chi connectivity index (χ3v) is 5.78. The summed E-state index contributed by atoms with van der Waals surface area (Å²) in [5.74, 6) is -2.78. The lowest BCUT2D eigenvalue weighted by atomic mass is 10.2. The van der Waals surface area contributed by atoms with Crippen LogP contribution in [0.3, 0.4) is 0 Å². The molecule has 0 unspecified atom stereocenters. The molecule has 0 radical (unpaired) electrons. The minimum atomic E-state index is -1.59. The summed E-state index contributed by atoms with van der Waals surface area (Å²) in [6, 6.07) is 6.55. The Morgan fingerprint density at radius 1 is 1.24 bits per heavy atom. The minimum Gasteiger partial charge on any atom is -0.481 e. The highest BCUT2D eigenvalue weighted by Crippen LogP contribution is 2.36. The molecule has 1 aromatic heterocycles. The first-order valence-electron chi connectivity index (χ1n) is 7.94. The number of carboxylic acids is 2. The van der Waals surface area contributed by atoms with Gasteiger partial charge in [0, 0.05) is 16.7 Å². The lowest BCUT2D eigenvalue weighted by Gasteiger charge is -2.21. The van der Waals surface area contributed by atoms with Crippen LogP contribution in [0.2, 0.25) is 10.0 Å². The van der Waals surface area contributed by atoms with Gasteiger partial charge >= 0.3 is 11.9 Å². The van der Waals surface area contributed by atoms with Crippen LogP contribution in [0.5, 0.6) is 0 Å². The van der Waals surface area contributed by atoms with Crippen LogP contribution < -0.4 is 0 Å². The van der Waals surface area contributed by atoms with E-state index in [0.29, 0.717) is 27.1 Å². The fourth-order valence-corrected chi connectivity index (χ4v) is 4.31. The van der Waals surface area contributed by atoms with Crippen LogP contribution >= 0.6 is 47.2 Å². The number of furan rings is 1. The van der Waals surface area contributed by atoms with Crippen molar-refractivity contribution in [3.8, 4) is 11.3 Å². The van der Waals surface area contributed by atoms with E-state index >= 15 is 0 Å². The molecule has 29 heavy (non-hydrogen) atoms. The minimum absolute atomic E-state index is 0.0421. The van der Waals surface area contributed by atoms with Crippen molar-refractivity contribution in [1.29, 1.82) is 0 Å². The molecule has 11 heteroatoms. The molecule has 0 aliphatic carbocycles. The van der Waals surface area contributed by atoms with E-state index in [1.807, 2.05) is 0 Å². The number of carbonyl (C=O) groups excluding carboxylic acids is 1. The summed E-state index contributed by atoms with van der Waals surface area (Å²) in [6.45, 7) is 0. The number of halogens is 2. The van der Waals surface area contributed by atoms with E-state index in [9.17, 15) is 19.5 Å². The number of nitrogens with zero attached hydrogens (tertiary/aromatic N) is 1. The molecule has 7 nitrogen and oxygen atoms in total. The van der Waals surface area contributed by atoms with Crippen molar-refractivity contribution in [3.05, 3.63) is 51.0 Å². The standard InChI is InChI=1S/C18H11Cl2NO6S2/c19-8-1-3-11(20)10(5-8)13-4-2-9(27-13)6-14-16(24)21(18(28)29-14)12(17(25)26)7-15(22)23/h1-6,12H,7H2,(H,22,23)(H,25,26)/b14-6-/t12-/m0/s1. The Labute approximate surface area is 183 Å². The van der Waals surface area contributed by atoms with E-state index in [1.165, 1.54) is 6.08 Å². The number of hydrogen-bond acceptors (Lipinski definition) is 6. The van der Waals surface area contributed by atoms with Gasteiger partial charge in [-0.05, 0) is 30.3 Å². The number of thiocarbonyl (C=S) groups is 1. The van der Waals surface area contributed by atoms with E-state index in [-0.39, 0.29) is 9.23 Å². The monoisotopic (exact) mass is 471 g/mol. The van der Waals surface area contributed by atoms with Crippen molar-refractivity contribution in [2.24, 2.45) is 0 Å². The summed E-state index contributed by atoms with van der Waals surface area (Å²) in [5.41, 5.74) is 0.568. The average molecular weight is 472 g/mol. The molecular formula is C18H11Cl2NO6S2. The molecule has 2 N–H and O–H groups in total. The van der Waals surface area contributed by atoms with Crippen LogP contribution in [0.4, 0.5) is 0 Å².